The fraction of sp³-hybridized carbons (Fsp3) is 0.692. The Kier molecular flexibility index (Phi) is 6.13. The zero-order valence-electron chi connectivity index (χ0n) is 13.6. The van der Waals surface area contributed by atoms with Gasteiger partial charge in [0.05, 0.1) is 0 Å². The second kappa shape index (κ2) is 7.61. The Balaban J connectivity index is 2.94. The fourth-order valence-corrected chi connectivity index (χ4v) is 1.59. The number of rotatable bonds is 7. The van der Waals surface area contributed by atoms with E-state index in [1.165, 1.54) is 4.90 Å². The van der Waals surface area contributed by atoms with Crippen LogP contribution in [0.2, 0.25) is 0 Å². The molecule has 1 atom stereocenters. The summed E-state index contributed by atoms with van der Waals surface area (Å²) < 4.78 is 0. The molecule has 1 unspecified atom stereocenters. The van der Waals surface area contributed by atoms with Crippen molar-refractivity contribution in [3.05, 3.63) is 0 Å². The quantitative estimate of drug-likeness (QED) is 0.763. The van der Waals surface area contributed by atoms with Crippen LogP contribution < -0.4 is 15.5 Å². The summed E-state index contributed by atoms with van der Waals surface area (Å²) in [5.41, 5.74) is 0. The van der Waals surface area contributed by atoms with Gasteiger partial charge in [0.15, 0.2) is 0 Å². The average Bonchev–Trinajstić information content (AvgIpc) is 2.43. The van der Waals surface area contributed by atoms with Crippen molar-refractivity contribution in [2.45, 2.75) is 26.3 Å². The summed E-state index contributed by atoms with van der Waals surface area (Å²) in [6, 6.07) is -0.406. The lowest BCUT2D eigenvalue weighted by Crippen LogP contribution is -2.37. The van der Waals surface area contributed by atoms with Crippen molar-refractivity contribution >= 4 is 23.8 Å². The van der Waals surface area contributed by atoms with E-state index in [9.17, 15) is 4.79 Å². The van der Waals surface area contributed by atoms with Gasteiger partial charge in [-0.25, -0.2) is 0 Å². The van der Waals surface area contributed by atoms with Gasteiger partial charge in [0.1, 0.15) is 6.04 Å². The Hall–Kier alpha value is -2.12. The SMILES string of the molecule is CCCNc1nc(NC(C)C(=O)N(C)C)nc(N(C)C)n1. The van der Waals surface area contributed by atoms with Crippen LogP contribution in [-0.2, 0) is 4.79 Å². The molecular formula is C13H25N7O. The van der Waals surface area contributed by atoms with Crippen molar-refractivity contribution in [3.8, 4) is 0 Å². The third-order valence-corrected chi connectivity index (χ3v) is 2.71. The van der Waals surface area contributed by atoms with Gasteiger partial charge in [-0.15, -0.1) is 0 Å². The third kappa shape index (κ3) is 5.05. The first kappa shape index (κ1) is 16.9. The number of carbonyl (C=O) groups excluding carboxylic acids is 1. The van der Waals surface area contributed by atoms with Gasteiger partial charge in [0.25, 0.3) is 0 Å². The minimum atomic E-state index is -0.406. The van der Waals surface area contributed by atoms with Crippen LogP contribution in [0, 0.1) is 0 Å². The number of nitrogens with one attached hydrogen (secondary N) is 2. The molecule has 118 valence electrons. The summed E-state index contributed by atoms with van der Waals surface area (Å²) >= 11 is 0. The van der Waals surface area contributed by atoms with Gasteiger partial charge in [-0.2, -0.15) is 15.0 Å². The maximum Gasteiger partial charge on any atom is 0.244 e. The van der Waals surface area contributed by atoms with Crippen LogP contribution in [0.15, 0.2) is 0 Å². The largest absolute Gasteiger partial charge is 0.354 e. The number of hydrogen-bond acceptors (Lipinski definition) is 7. The van der Waals surface area contributed by atoms with Gasteiger partial charge in [-0.05, 0) is 13.3 Å². The number of carbonyl (C=O) groups is 1. The highest BCUT2D eigenvalue weighted by Gasteiger charge is 2.17. The predicted molar refractivity (Wildman–Crippen MR) is 84.7 cm³/mol. The van der Waals surface area contributed by atoms with E-state index in [0.717, 1.165) is 13.0 Å². The molecule has 0 aromatic carbocycles. The molecule has 2 N–H and O–H groups in total. The highest BCUT2D eigenvalue weighted by atomic mass is 16.2. The molecule has 1 rings (SSSR count). The Morgan fingerprint density at radius 1 is 1.14 bits per heavy atom. The van der Waals surface area contributed by atoms with Crippen molar-refractivity contribution in [3.63, 3.8) is 0 Å². The molecule has 1 aromatic heterocycles. The number of amides is 1. The van der Waals surface area contributed by atoms with Crippen LogP contribution >= 0.6 is 0 Å². The Morgan fingerprint density at radius 3 is 2.29 bits per heavy atom. The Labute approximate surface area is 126 Å². The lowest BCUT2D eigenvalue weighted by Gasteiger charge is -2.19. The minimum Gasteiger partial charge on any atom is -0.354 e. The van der Waals surface area contributed by atoms with E-state index in [2.05, 4.69) is 32.5 Å². The van der Waals surface area contributed by atoms with Crippen molar-refractivity contribution in [2.75, 3.05) is 50.3 Å². The first-order chi connectivity index (χ1) is 9.85. The molecule has 1 aromatic rings. The van der Waals surface area contributed by atoms with E-state index in [-0.39, 0.29) is 5.91 Å². The molecular weight excluding hydrogens is 270 g/mol. The van der Waals surface area contributed by atoms with Crippen LogP contribution in [0.1, 0.15) is 20.3 Å². The maximum atomic E-state index is 11.9. The summed E-state index contributed by atoms with van der Waals surface area (Å²) in [6.07, 6.45) is 0.973. The topological polar surface area (TPSA) is 86.3 Å². The first-order valence-corrected chi connectivity index (χ1v) is 7.00. The zero-order valence-corrected chi connectivity index (χ0v) is 13.6. The number of hydrogen-bond donors (Lipinski definition) is 2. The van der Waals surface area contributed by atoms with E-state index in [1.54, 1.807) is 25.9 Å². The molecule has 0 fully saturated rings. The molecule has 0 aliphatic rings. The molecule has 8 heteroatoms. The highest BCUT2D eigenvalue weighted by Crippen LogP contribution is 2.12. The predicted octanol–water partition coefficient (Wildman–Crippen LogP) is 0.648. The summed E-state index contributed by atoms with van der Waals surface area (Å²) in [4.78, 5) is 28.1. The van der Waals surface area contributed by atoms with Crippen molar-refractivity contribution < 1.29 is 4.79 Å². The highest BCUT2D eigenvalue weighted by molar-refractivity contribution is 5.83. The summed E-state index contributed by atoms with van der Waals surface area (Å²) in [5, 5.41) is 6.15. The smallest absolute Gasteiger partial charge is 0.244 e. The number of nitrogens with zero attached hydrogens (tertiary/aromatic N) is 5. The lowest BCUT2D eigenvalue weighted by molar-refractivity contribution is -0.129. The van der Waals surface area contributed by atoms with Gasteiger partial charge in [0, 0.05) is 34.7 Å². The van der Waals surface area contributed by atoms with Crippen molar-refractivity contribution in [1.82, 2.24) is 19.9 Å². The molecule has 0 bridgehead atoms. The standard InChI is InChI=1S/C13H25N7O/c1-7-8-14-11-16-12(18-13(17-11)20(5)6)15-9(2)10(21)19(3)4/h9H,7-8H2,1-6H3,(H2,14,15,16,17,18). The van der Waals surface area contributed by atoms with Gasteiger partial charge in [-0.3, -0.25) is 4.79 Å². The van der Waals surface area contributed by atoms with Gasteiger partial charge < -0.3 is 20.4 Å². The summed E-state index contributed by atoms with van der Waals surface area (Å²) in [6.45, 7) is 4.63. The van der Waals surface area contributed by atoms with E-state index in [4.69, 9.17) is 0 Å². The third-order valence-electron chi connectivity index (χ3n) is 2.71. The monoisotopic (exact) mass is 295 g/mol. The zero-order chi connectivity index (χ0) is 16.0. The first-order valence-electron chi connectivity index (χ1n) is 7.00. The lowest BCUT2D eigenvalue weighted by atomic mass is 10.3. The molecule has 0 aliphatic carbocycles. The molecule has 0 radical (unpaired) electrons. The molecule has 8 nitrogen and oxygen atoms in total. The second-order valence-electron chi connectivity index (χ2n) is 5.20. The van der Waals surface area contributed by atoms with E-state index in [1.807, 2.05) is 14.1 Å². The van der Waals surface area contributed by atoms with E-state index in [0.29, 0.717) is 17.8 Å². The van der Waals surface area contributed by atoms with Crippen LogP contribution in [0.4, 0.5) is 17.8 Å². The van der Waals surface area contributed by atoms with Gasteiger partial charge in [-0.1, -0.05) is 6.92 Å². The average molecular weight is 295 g/mol. The van der Waals surface area contributed by atoms with Crippen LogP contribution in [0.25, 0.3) is 0 Å². The van der Waals surface area contributed by atoms with E-state index < -0.39 is 6.04 Å². The van der Waals surface area contributed by atoms with Gasteiger partial charge >= 0.3 is 0 Å². The molecule has 0 aliphatic heterocycles. The number of aromatic nitrogens is 3. The number of anilines is 3. The van der Waals surface area contributed by atoms with Crippen molar-refractivity contribution in [2.24, 2.45) is 0 Å². The molecule has 1 heterocycles. The molecule has 21 heavy (non-hydrogen) atoms. The summed E-state index contributed by atoms with van der Waals surface area (Å²) in [7, 11) is 7.15. The van der Waals surface area contributed by atoms with Crippen LogP contribution in [0.3, 0.4) is 0 Å². The van der Waals surface area contributed by atoms with Crippen LogP contribution in [-0.4, -0.2) is 66.5 Å². The second-order valence-corrected chi connectivity index (χ2v) is 5.20. The molecule has 0 spiro atoms. The minimum absolute atomic E-state index is 0.0371. The normalized spacial score (nSPS) is 11.7. The number of likely N-dealkylation sites (N-methyl/N-ethyl adjacent to an activating group) is 1. The van der Waals surface area contributed by atoms with E-state index >= 15 is 0 Å². The van der Waals surface area contributed by atoms with Crippen LogP contribution in [0.5, 0.6) is 0 Å². The molecule has 0 saturated carbocycles. The fourth-order valence-electron chi connectivity index (χ4n) is 1.59. The van der Waals surface area contributed by atoms with Crippen molar-refractivity contribution in [1.29, 1.82) is 0 Å². The molecule has 1 amide bonds. The summed E-state index contributed by atoms with van der Waals surface area (Å²) in [5.74, 6) is 1.39. The Bertz CT molecular complexity index is 476. The molecule has 0 saturated heterocycles. The van der Waals surface area contributed by atoms with Gasteiger partial charge in [0.2, 0.25) is 23.8 Å². The maximum absolute atomic E-state index is 11.9. The Morgan fingerprint density at radius 2 is 1.76 bits per heavy atom.